The first-order chi connectivity index (χ1) is 20.1. The number of carbonyl (C=O) groups is 2. The number of sulfonamides is 1. The van der Waals surface area contributed by atoms with E-state index in [-0.39, 0.29) is 29.1 Å². The van der Waals surface area contributed by atoms with E-state index in [9.17, 15) is 18.0 Å². The molecule has 1 fully saturated rings. The van der Waals surface area contributed by atoms with E-state index >= 15 is 0 Å². The zero-order chi connectivity index (χ0) is 30.3. The molecule has 1 aliphatic carbocycles. The molecule has 3 aromatic rings. The molecule has 2 amide bonds. The summed E-state index contributed by atoms with van der Waals surface area (Å²) in [5, 5.41) is 3.08. The summed E-state index contributed by atoms with van der Waals surface area (Å²) in [6, 6.07) is 19.6. The van der Waals surface area contributed by atoms with Gasteiger partial charge in [-0.25, -0.2) is 8.42 Å². The van der Waals surface area contributed by atoms with Crippen molar-refractivity contribution in [2.45, 2.75) is 63.1 Å². The molecule has 0 aliphatic heterocycles. The highest BCUT2D eigenvalue weighted by atomic mass is 32.2. The lowest BCUT2D eigenvalue weighted by Gasteiger charge is -2.33. The van der Waals surface area contributed by atoms with Crippen LogP contribution in [0.2, 0.25) is 0 Å². The number of benzene rings is 3. The molecule has 3 aromatic carbocycles. The van der Waals surface area contributed by atoms with Gasteiger partial charge in [-0.2, -0.15) is 0 Å². The van der Waals surface area contributed by atoms with E-state index in [1.165, 1.54) is 24.1 Å². The predicted molar refractivity (Wildman–Crippen MR) is 162 cm³/mol. The first-order valence-electron chi connectivity index (χ1n) is 14.1. The summed E-state index contributed by atoms with van der Waals surface area (Å²) in [5.41, 5.74) is 1.87. The topological polar surface area (TPSA) is 105 Å². The minimum absolute atomic E-state index is 0.0400. The van der Waals surface area contributed by atoms with Gasteiger partial charge in [-0.15, -0.1) is 0 Å². The van der Waals surface area contributed by atoms with E-state index in [4.69, 9.17) is 9.47 Å². The molecule has 1 N–H and O–H groups in total. The van der Waals surface area contributed by atoms with Gasteiger partial charge >= 0.3 is 0 Å². The van der Waals surface area contributed by atoms with E-state index in [0.717, 1.165) is 41.1 Å². The average Bonchev–Trinajstić information content (AvgIpc) is 3.51. The van der Waals surface area contributed by atoms with Crippen molar-refractivity contribution < 1.29 is 27.5 Å². The molecule has 0 bridgehead atoms. The van der Waals surface area contributed by atoms with Crippen molar-refractivity contribution in [1.29, 1.82) is 0 Å². The van der Waals surface area contributed by atoms with Crippen LogP contribution in [-0.4, -0.2) is 58.0 Å². The van der Waals surface area contributed by atoms with Crippen molar-refractivity contribution in [3.63, 3.8) is 0 Å². The van der Waals surface area contributed by atoms with Gasteiger partial charge in [-0.05, 0) is 68.7 Å². The highest BCUT2D eigenvalue weighted by Crippen LogP contribution is 2.32. The second-order valence-electron chi connectivity index (χ2n) is 10.5. The lowest BCUT2D eigenvalue weighted by atomic mass is 10.1. The quantitative estimate of drug-likeness (QED) is 0.327. The molecule has 42 heavy (non-hydrogen) atoms. The summed E-state index contributed by atoms with van der Waals surface area (Å²) >= 11 is 0. The molecule has 1 atom stereocenters. The Morgan fingerprint density at radius 3 is 2.31 bits per heavy atom. The van der Waals surface area contributed by atoms with Gasteiger partial charge in [0.05, 0.1) is 24.8 Å². The number of carbonyl (C=O) groups excluding carboxylic acids is 2. The van der Waals surface area contributed by atoms with Gasteiger partial charge in [0.25, 0.3) is 10.0 Å². The molecule has 0 saturated heterocycles. The Bertz CT molecular complexity index is 1490. The standard InChI is InChI=1S/C32H39N3O6S/c1-23-16-18-28(19-17-23)42(38,39)35(29-14-7-8-15-30(29)41-4)22-31(36)34(21-25-10-9-13-27(20-25)40-3)24(2)32(37)33-26-11-5-6-12-26/h7-10,13-20,24,26H,5-6,11-12,21-22H2,1-4H3,(H,33,37)/t24-/m1/s1. The fraction of sp³-hybridized carbons (Fsp3) is 0.375. The Balaban J connectivity index is 1.72. The van der Waals surface area contributed by atoms with Crippen molar-refractivity contribution >= 4 is 27.5 Å². The first kappa shape index (κ1) is 30.9. The number of ether oxygens (including phenoxy) is 2. The van der Waals surface area contributed by atoms with Crippen LogP contribution in [0.5, 0.6) is 11.5 Å². The van der Waals surface area contributed by atoms with Gasteiger partial charge in [0.1, 0.15) is 24.1 Å². The normalized spacial score (nSPS) is 14.2. The zero-order valence-corrected chi connectivity index (χ0v) is 25.4. The van der Waals surface area contributed by atoms with Crippen molar-refractivity contribution in [3.05, 3.63) is 83.9 Å². The predicted octanol–water partition coefficient (Wildman–Crippen LogP) is 4.68. The molecule has 0 unspecified atom stereocenters. The molecular formula is C32H39N3O6S. The molecule has 1 aliphatic rings. The van der Waals surface area contributed by atoms with Crippen LogP contribution in [0.25, 0.3) is 0 Å². The SMILES string of the molecule is COc1cccc(CN(C(=O)CN(c2ccccc2OC)S(=O)(=O)c2ccc(C)cc2)[C@H](C)C(=O)NC2CCCC2)c1. The van der Waals surface area contributed by atoms with Crippen molar-refractivity contribution in [2.75, 3.05) is 25.1 Å². The van der Waals surface area contributed by atoms with Crippen LogP contribution in [0, 0.1) is 6.92 Å². The maximum Gasteiger partial charge on any atom is 0.264 e. The number of para-hydroxylation sites is 2. The monoisotopic (exact) mass is 593 g/mol. The van der Waals surface area contributed by atoms with Crippen LogP contribution in [0.1, 0.15) is 43.7 Å². The van der Waals surface area contributed by atoms with Gasteiger partial charge in [0, 0.05) is 12.6 Å². The number of methoxy groups -OCH3 is 2. The van der Waals surface area contributed by atoms with Crippen LogP contribution in [0.4, 0.5) is 5.69 Å². The number of rotatable bonds is 12. The van der Waals surface area contributed by atoms with Crippen molar-refractivity contribution in [3.8, 4) is 11.5 Å². The van der Waals surface area contributed by atoms with Gasteiger partial charge in [-0.3, -0.25) is 13.9 Å². The summed E-state index contributed by atoms with van der Waals surface area (Å²) in [6.45, 7) is 3.08. The number of nitrogens with one attached hydrogen (secondary N) is 1. The summed E-state index contributed by atoms with van der Waals surface area (Å²) in [4.78, 5) is 29.0. The zero-order valence-electron chi connectivity index (χ0n) is 24.6. The molecule has 0 spiro atoms. The van der Waals surface area contributed by atoms with E-state index in [1.54, 1.807) is 62.6 Å². The number of hydrogen-bond acceptors (Lipinski definition) is 6. The molecule has 224 valence electrons. The number of anilines is 1. The maximum absolute atomic E-state index is 14.2. The van der Waals surface area contributed by atoms with Gasteiger partial charge < -0.3 is 19.7 Å². The lowest BCUT2D eigenvalue weighted by molar-refractivity contribution is -0.139. The third-order valence-corrected chi connectivity index (χ3v) is 9.37. The highest BCUT2D eigenvalue weighted by Gasteiger charge is 2.34. The molecule has 1 saturated carbocycles. The molecule has 0 aromatic heterocycles. The van der Waals surface area contributed by atoms with Crippen LogP contribution < -0.4 is 19.1 Å². The average molecular weight is 594 g/mol. The van der Waals surface area contributed by atoms with Crippen LogP contribution in [-0.2, 0) is 26.2 Å². The maximum atomic E-state index is 14.2. The largest absolute Gasteiger partial charge is 0.497 e. The van der Waals surface area contributed by atoms with E-state index in [1.807, 2.05) is 19.1 Å². The van der Waals surface area contributed by atoms with Crippen LogP contribution in [0.15, 0.2) is 77.7 Å². The van der Waals surface area contributed by atoms with E-state index < -0.39 is 28.5 Å². The number of amides is 2. The molecule has 10 heteroatoms. The second kappa shape index (κ2) is 13.7. The molecular weight excluding hydrogens is 554 g/mol. The number of hydrogen-bond donors (Lipinski definition) is 1. The molecule has 9 nitrogen and oxygen atoms in total. The Morgan fingerprint density at radius 1 is 0.952 bits per heavy atom. The smallest absolute Gasteiger partial charge is 0.264 e. The van der Waals surface area contributed by atoms with Gasteiger partial charge in [0.15, 0.2) is 0 Å². The third kappa shape index (κ3) is 7.23. The number of nitrogens with zero attached hydrogens (tertiary/aromatic N) is 2. The molecule has 0 heterocycles. The van der Waals surface area contributed by atoms with Crippen molar-refractivity contribution in [2.24, 2.45) is 0 Å². The Kier molecular flexibility index (Phi) is 10.1. The Morgan fingerprint density at radius 2 is 1.64 bits per heavy atom. The van der Waals surface area contributed by atoms with E-state index in [2.05, 4.69) is 5.32 Å². The second-order valence-corrected chi connectivity index (χ2v) is 12.4. The van der Waals surface area contributed by atoms with Gasteiger partial charge in [0.2, 0.25) is 11.8 Å². The fourth-order valence-corrected chi connectivity index (χ4v) is 6.55. The van der Waals surface area contributed by atoms with Crippen LogP contribution in [0.3, 0.4) is 0 Å². The summed E-state index contributed by atoms with van der Waals surface area (Å²) in [6.07, 6.45) is 3.91. The third-order valence-electron chi connectivity index (χ3n) is 7.60. The van der Waals surface area contributed by atoms with Gasteiger partial charge in [-0.1, -0.05) is 54.8 Å². The summed E-state index contributed by atoms with van der Waals surface area (Å²) in [7, 11) is -1.19. The molecule has 4 rings (SSSR count). The summed E-state index contributed by atoms with van der Waals surface area (Å²) < 4.78 is 40.0. The Hall–Kier alpha value is -4.05. The minimum atomic E-state index is -4.19. The summed E-state index contributed by atoms with van der Waals surface area (Å²) in [5.74, 6) is 0.102. The number of aryl methyl sites for hydroxylation is 1. The Labute approximate surface area is 248 Å². The van der Waals surface area contributed by atoms with E-state index in [0.29, 0.717) is 11.5 Å². The highest BCUT2D eigenvalue weighted by molar-refractivity contribution is 7.92. The fourth-order valence-electron chi connectivity index (χ4n) is 5.13. The first-order valence-corrected chi connectivity index (χ1v) is 15.5. The van der Waals surface area contributed by atoms with Crippen molar-refractivity contribution in [1.82, 2.24) is 10.2 Å². The minimum Gasteiger partial charge on any atom is -0.497 e. The lowest BCUT2D eigenvalue weighted by Crippen LogP contribution is -2.52. The van der Waals surface area contributed by atoms with Crippen LogP contribution >= 0.6 is 0 Å². The molecule has 0 radical (unpaired) electrons.